The Morgan fingerprint density at radius 3 is 1.29 bits per heavy atom. The second-order valence-corrected chi connectivity index (χ2v) is 30.5. The first-order valence-electron chi connectivity index (χ1n) is 37.9. The highest BCUT2D eigenvalue weighted by atomic mass is 16.3. The number of benzene rings is 4. The summed E-state index contributed by atoms with van der Waals surface area (Å²) in [6.07, 6.45) is 29.2. The van der Waals surface area contributed by atoms with Crippen molar-refractivity contribution in [2.24, 2.45) is 0 Å². The number of nitrogens with zero attached hydrogens (tertiary/aromatic N) is 13. The van der Waals surface area contributed by atoms with E-state index in [0.717, 1.165) is 68.7 Å². The lowest BCUT2D eigenvalue weighted by Crippen LogP contribution is -2.34. The Morgan fingerprint density at radius 2 is 0.853 bits per heavy atom. The van der Waals surface area contributed by atoms with Crippen LogP contribution in [0.25, 0.3) is 43.6 Å². The van der Waals surface area contributed by atoms with E-state index in [-0.39, 0.29) is 0 Å². The number of pyridine rings is 3. The topological polar surface area (TPSA) is 158 Å². The molecule has 20 rings (SSSR count). The first-order chi connectivity index (χ1) is 49.9. The summed E-state index contributed by atoms with van der Waals surface area (Å²) in [5, 5.41) is 38.7. The smallest absolute Gasteiger partial charge is 0.123 e. The molecule has 8 aliphatic heterocycles. The number of aromatic nitrogens is 9. The molecule has 0 saturated carbocycles. The molecule has 12 aromatic rings. The molecular formula is C86H97N13O3. The summed E-state index contributed by atoms with van der Waals surface area (Å²) in [4.78, 5) is 31.9. The van der Waals surface area contributed by atoms with Gasteiger partial charge in [-0.1, -0.05) is 91.0 Å². The summed E-state index contributed by atoms with van der Waals surface area (Å²) in [5.74, 6) is 0. The maximum absolute atomic E-state index is 11.2. The number of hydrogen-bond acceptors (Lipinski definition) is 12. The van der Waals surface area contributed by atoms with Gasteiger partial charge in [-0.15, -0.1) is 0 Å². The van der Waals surface area contributed by atoms with Crippen molar-refractivity contribution in [3.63, 3.8) is 0 Å². The van der Waals surface area contributed by atoms with Crippen molar-refractivity contribution in [1.29, 1.82) is 0 Å². The van der Waals surface area contributed by atoms with Crippen LogP contribution in [0.1, 0.15) is 169 Å². The predicted molar refractivity (Wildman–Crippen MR) is 404 cm³/mol. The zero-order chi connectivity index (χ0) is 69.1. The van der Waals surface area contributed by atoms with Gasteiger partial charge >= 0.3 is 0 Å². The third kappa shape index (κ3) is 12.5. The van der Waals surface area contributed by atoms with Gasteiger partial charge in [0.1, 0.15) is 11.2 Å². The monoisotopic (exact) mass is 1360 g/mol. The average molecular weight is 1360 g/mol. The Kier molecular flexibility index (Phi) is 18.4. The zero-order valence-electron chi connectivity index (χ0n) is 59.5. The fraction of sp³-hybridized carbons (Fsp3) is 0.407. The van der Waals surface area contributed by atoms with Gasteiger partial charge in [-0.3, -0.25) is 44.5 Å². The Hall–Kier alpha value is -8.71. The van der Waals surface area contributed by atoms with Crippen molar-refractivity contribution in [3.8, 4) is 0 Å². The van der Waals surface area contributed by atoms with Crippen molar-refractivity contribution < 1.29 is 15.3 Å². The van der Waals surface area contributed by atoms with Crippen LogP contribution in [0.2, 0.25) is 0 Å². The van der Waals surface area contributed by atoms with Gasteiger partial charge in [0.25, 0.3) is 0 Å². The maximum atomic E-state index is 11.2. The van der Waals surface area contributed by atoms with E-state index in [4.69, 9.17) is 0 Å². The number of aliphatic hydroxyl groups is 3. The molecule has 0 spiro atoms. The quantitative estimate of drug-likeness (QED) is 0.106. The summed E-state index contributed by atoms with van der Waals surface area (Å²) < 4.78 is 9.65. The fourth-order valence-electron chi connectivity index (χ4n) is 19.4. The minimum atomic E-state index is -1.06. The maximum Gasteiger partial charge on any atom is 0.123 e. The van der Waals surface area contributed by atoms with E-state index < -0.39 is 17.3 Å². The molecule has 0 radical (unpaired) electrons. The Bertz CT molecular complexity index is 4780. The summed E-state index contributed by atoms with van der Waals surface area (Å²) in [6.45, 7) is 18.0. The average Bonchev–Trinajstić information content (AvgIpc) is 1.61. The molecule has 0 aliphatic carbocycles. The normalized spacial score (nSPS) is 21.4. The molecule has 16 heterocycles. The van der Waals surface area contributed by atoms with Gasteiger partial charge in [0.2, 0.25) is 0 Å². The molecule has 4 aromatic carbocycles. The van der Waals surface area contributed by atoms with E-state index in [1.807, 2.05) is 51.2 Å². The van der Waals surface area contributed by atoms with E-state index in [1.54, 1.807) is 54.6 Å². The molecule has 7 atom stereocenters. The number of fused-ring (bicyclic) bond motifs is 20. The Morgan fingerprint density at radius 1 is 0.422 bits per heavy atom. The Balaban J connectivity index is 0.000000101. The summed E-state index contributed by atoms with van der Waals surface area (Å²) in [7, 11) is 0. The van der Waals surface area contributed by atoms with Crippen LogP contribution >= 0.6 is 0 Å². The van der Waals surface area contributed by atoms with Crippen LogP contribution in [0, 0.1) is 6.92 Å². The van der Waals surface area contributed by atoms with E-state index in [9.17, 15) is 15.3 Å². The van der Waals surface area contributed by atoms with Crippen molar-refractivity contribution in [3.05, 3.63) is 256 Å². The van der Waals surface area contributed by atoms with Crippen LogP contribution in [-0.2, 0) is 69.5 Å². The van der Waals surface area contributed by atoms with Crippen molar-refractivity contribution in [2.45, 2.75) is 172 Å². The van der Waals surface area contributed by atoms with E-state index in [1.165, 1.54) is 173 Å². The molecule has 0 bridgehead atoms. The van der Waals surface area contributed by atoms with Crippen LogP contribution < -0.4 is 0 Å². The van der Waals surface area contributed by atoms with E-state index in [0.29, 0.717) is 49.5 Å². The first kappa shape index (κ1) is 66.5. The van der Waals surface area contributed by atoms with Crippen LogP contribution in [0.4, 0.5) is 0 Å². The van der Waals surface area contributed by atoms with Gasteiger partial charge in [-0.2, -0.15) is 0 Å². The van der Waals surface area contributed by atoms with E-state index in [2.05, 4.69) is 172 Å². The van der Waals surface area contributed by atoms with Gasteiger partial charge in [0.05, 0.1) is 37.6 Å². The predicted octanol–water partition coefficient (Wildman–Crippen LogP) is 14.4. The summed E-state index contributed by atoms with van der Waals surface area (Å²) >= 11 is 0. The summed E-state index contributed by atoms with van der Waals surface area (Å²) in [6, 6.07) is 49.4. The Labute approximate surface area is 598 Å². The standard InChI is InChI=1S/C22H25N3O.C22H25N3.C21H24N4O.C21H23N3O/c1-22(26,16-6-4-11-23-14-16)15-25-18-8-3-2-7-17(18)21-19-9-5-12-24(19)13-10-20(21)25;1-16-8-9-17(15-23-16)10-14-25-19-6-3-2-5-18(19)22-20-7-4-12-24(20)13-11-21(22)25;1-21(26,19-13-22-9-10-23-19)14-25-16-6-3-2-5-15(16)20-17-7-4-11-24(17)12-8-18(20)25;25-20(15-5-3-10-22-13-15)14-24-17-7-2-1-6-16(17)21-18-8-4-11-23(18)12-9-19(21)24/h2-4,6-8,11,14,19,26H,5,9-10,12-13,15H2,1H3;2-3,5-6,8-9,15,20H,4,7,10-14H2,1H3;2-3,5-6,9-10,13,17,26H,4,7-8,11-12,14H2,1H3;1-3,5-7,10,13,18,20,25H,4,8-9,11-12,14H2. The molecule has 0 amide bonds. The highest BCUT2D eigenvalue weighted by Crippen LogP contribution is 2.48. The van der Waals surface area contributed by atoms with Crippen LogP contribution in [0.15, 0.2) is 183 Å². The molecule has 8 aromatic heterocycles. The van der Waals surface area contributed by atoms with Gasteiger partial charge in [-0.05, 0) is 175 Å². The zero-order valence-corrected chi connectivity index (χ0v) is 59.5. The number of para-hydroxylation sites is 4. The highest BCUT2D eigenvalue weighted by molar-refractivity contribution is 5.89. The van der Waals surface area contributed by atoms with Gasteiger partial charge in [-0.25, -0.2) is 0 Å². The molecule has 4 saturated heterocycles. The minimum absolute atomic E-state index is 0.494. The lowest BCUT2D eigenvalue weighted by Gasteiger charge is -2.32. The minimum Gasteiger partial charge on any atom is -0.386 e. The summed E-state index contributed by atoms with van der Waals surface area (Å²) in [5.41, 5.74) is 19.9. The first-order valence-corrected chi connectivity index (χ1v) is 37.9. The number of rotatable bonds is 12. The molecule has 16 heteroatoms. The molecule has 4 fully saturated rings. The van der Waals surface area contributed by atoms with Crippen molar-refractivity contribution in [1.82, 2.24) is 62.8 Å². The number of hydrogen-bond donors (Lipinski definition) is 3. The van der Waals surface area contributed by atoms with Crippen molar-refractivity contribution in [2.75, 3.05) is 52.4 Å². The van der Waals surface area contributed by atoms with Crippen LogP contribution in [-0.4, -0.2) is 130 Å². The van der Waals surface area contributed by atoms with E-state index >= 15 is 0 Å². The lowest BCUT2D eigenvalue weighted by molar-refractivity contribution is 0.0335. The third-order valence-corrected chi connectivity index (χ3v) is 24.2. The molecule has 102 heavy (non-hydrogen) atoms. The lowest BCUT2D eigenvalue weighted by atomic mass is 9.95. The molecule has 16 nitrogen and oxygen atoms in total. The van der Waals surface area contributed by atoms with Crippen LogP contribution in [0.3, 0.4) is 0 Å². The molecular weight excluding hydrogens is 1260 g/mol. The third-order valence-electron chi connectivity index (χ3n) is 24.2. The SMILES string of the molecule is CC(O)(Cn1c2c(c3ccccc31)C1CCCN1CC2)c1cccnc1.CC(O)(Cn1c2c(c3ccccc31)C1CCCN1CC2)c1cnccn1.Cc1ccc(CCn2c3c(c4ccccc42)C2CCCN2CC3)cn1.OC(Cn1c2c(c3ccccc31)C1CCCN1CC2)c1cccnc1. The number of aliphatic hydroxyl groups excluding tert-OH is 1. The second kappa shape index (κ2) is 28.2. The van der Waals surface area contributed by atoms with Gasteiger partial charge < -0.3 is 33.6 Å². The molecule has 7 unspecified atom stereocenters. The van der Waals surface area contributed by atoms with Gasteiger partial charge in [0.15, 0.2) is 0 Å². The molecule has 8 aliphatic rings. The second-order valence-electron chi connectivity index (χ2n) is 30.5. The molecule has 3 N–H and O–H groups in total. The van der Waals surface area contributed by atoms with Crippen molar-refractivity contribution >= 4 is 43.6 Å². The largest absolute Gasteiger partial charge is 0.386 e. The van der Waals surface area contributed by atoms with Gasteiger partial charge in [0, 0.05) is 209 Å². The van der Waals surface area contributed by atoms with Crippen LogP contribution in [0.5, 0.6) is 0 Å². The number of aryl methyl sites for hydroxylation is 3. The fourth-order valence-corrected chi connectivity index (χ4v) is 19.4. The molecule has 524 valence electrons. The highest BCUT2D eigenvalue weighted by Gasteiger charge is 2.41.